The topological polar surface area (TPSA) is 80.3 Å². The van der Waals surface area contributed by atoms with Crippen LogP contribution in [0.2, 0.25) is 0 Å². The van der Waals surface area contributed by atoms with Crippen LogP contribution in [0.25, 0.3) is 0 Å². The van der Waals surface area contributed by atoms with Crippen LogP contribution in [0, 0.1) is 13.8 Å². The molecule has 0 aliphatic carbocycles. The van der Waals surface area contributed by atoms with Gasteiger partial charge in [-0.2, -0.15) is 13.8 Å². The van der Waals surface area contributed by atoms with Crippen LogP contribution in [0.4, 0.5) is 0 Å². The van der Waals surface area contributed by atoms with E-state index in [-0.39, 0.29) is 21.7 Å². The van der Waals surface area contributed by atoms with Crippen LogP contribution in [0.5, 0.6) is 0 Å². The maximum Gasteiger partial charge on any atom is 4.00 e. The van der Waals surface area contributed by atoms with Gasteiger partial charge in [0.1, 0.15) is 0 Å². The minimum Gasteiger partial charge on any atom is -0.772 e. The van der Waals surface area contributed by atoms with Crippen molar-refractivity contribution in [2.24, 2.45) is 0 Å². The molecule has 0 aromatic rings. The molecule has 0 spiro atoms. The van der Waals surface area contributed by atoms with Gasteiger partial charge in [-0.3, -0.25) is 9.13 Å². The fourth-order valence-corrected chi connectivity index (χ4v) is 0. The summed E-state index contributed by atoms with van der Waals surface area (Å²) in [6.07, 6.45) is 0. The molecule has 0 saturated carbocycles. The molecule has 0 fully saturated rings. The molecular formula is C4H10O4P2Ti. The number of hydrogen-bond donors (Lipinski definition) is 0. The third-order valence-corrected chi connectivity index (χ3v) is 0. The summed E-state index contributed by atoms with van der Waals surface area (Å²) in [5, 5.41) is 0. The van der Waals surface area contributed by atoms with Gasteiger partial charge < -0.3 is 23.6 Å². The zero-order valence-corrected chi connectivity index (χ0v) is 9.79. The van der Waals surface area contributed by atoms with Crippen molar-refractivity contribution in [3.05, 3.63) is 13.8 Å². The molecule has 0 aromatic carbocycles. The van der Waals surface area contributed by atoms with E-state index in [1.165, 1.54) is 0 Å². The molecule has 0 aliphatic rings. The average molecular weight is 232 g/mol. The Kier molecular flexibility index (Phi) is 353. The van der Waals surface area contributed by atoms with Crippen molar-refractivity contribution in [2.45, 2.75) is 13.8 Å². The van der Waals surface area contributed by atoms with Crippen molar-refractivity contribution < 1.29 is 40.6 Å². The van der Waals surface area contributed by atoms with E-state index in [1.807, 2.05) is 0 Å². The first-order valence-electron chi connectivity index (χ1n) is 2.14. The Morgan fingerprint density at radius 2 is 0.909 bits per heavy atom. The van der Waals surface area contributed by atoms with Gasteiger partial charge in [0.15, 0.2) is 0 Å². The average Bonchev–Trinajstić information content (AvgIpc) is 1.99. The third kappa shape index (κ3) is 1210. The van der Waals surface area contributed by atoms with Crippen molar-refractivity contribution in [1.29, 1.82) is 0 Å². The van der Waals surface area contributed by atoms with E-state index in [0.717, 1.165) is 0 Å². The Hall–Kier alpha value is 0.834. The maximum atomic E-state index is 8.35. The van der Waals surface area contributed by atoms with Crippen LogP contribution in [0.1, 0.15) is 13.8 Å². The normalized spacial score (nSPS) is 4.91. The Balaban J connectivity index is -0.0000000144. The third-order valence-electron chi connectivity index (χ3n) is 0. The molecular weight excluding hydrogens is 222 g/mol. The predicted octanol–water partition coefficient (Wildman–Crippen LogP) is 0.785. The predicted molar refractivity (Wildman–Crippen MR) is 37.3 cm³/mol. The van der Waals surface area contributed by atoms with Crippen LogP contribution in [-0.2, 0) is 30.8 Å². The zero-order valence-electron chi connectivity index (χ0n) is 6.44. The molecule has 0 aromatic heterocycles. The molecule has 4 nitrogen and oxygen atoms in total. The van der Waals surface area contributed by atoms with E-state index < -0.39 is 17.4 Å². The van der Waals surface area contributed by atoms with Gasteiger partial charge in [-0.15, -0.1) is 0 Å². The summed E-state index contributed by atoms with van der Waals surface area (Å²) in [6, 6.07) is 0. The molecule has 0 aliphatic heterocycles. The van der Waals surface area contributed by atoms with Gasteiger partial charge in [0.25, 0.3) is 0 Å². The number of hydrogen-bond acceptors (Lipinski definition) is 4. The summed E-state index contributed by atoms with van der Waals surface area (Å²) in [5.41, 5.74) is 0. The molecule has 0 saturated heterocycles. The van der Waals surface area contributed by atoms with Gasteiger partial charge in [0.05, 0.1) is 17.4 Å². The summed E-state index contributed by atoms with van der Waals surface area (Å²) in [7, 11) is -2.17. The van der Waals surface area contributed by atoms with Crippen LogP contribution in [-0.4, -0.2) is 0 Å². The molecule has 11 heavy (non-hydrogen) atoms. The molecule has 0 radical (unpaired) electrons. The molecule has 0 heterocycles. The Bertz CT molecular complexity index is 41.1. The molecule has 7 heteroatoms. The second-order valence-corrected chi connectivity index (χ2v) is 0.447. The van der Waals surface area contributed by atoms with Crippen molar-refractivity contribution in [3.63, 3.8) is 0 Å². The van der Waals surface area contributed by atoms with E-state index in [1.54, 1.807) is 13.8 Å². The quantitative estimate of drug-likeness (QED) is 0.351. The van der Waals surface area contributed by atoms with Gasteiger partial charge >= 0.3 is 21.7 Å². The first kappa shape index (κ1) is 29.7. The van der Waals surface area contributed by atoms with E-state index in [4.69, 9.17) is 18.9 Å². The monoisotopic (exact) mass is 232 g/mol. The SMILES string of the molecule is O=P[O-].O=P[O-].[CH2-]C.[CH2-]C.[Ti+4]. The molecule has 0 N–H and O–H groups in total. The molecule has 0 rings (SSSR count). The number of rotatable bonds is 0. The Morgan fingerprint density at radius 1 is 0.909 bits per heavy atom. The van der Waals surface area contributed by atoms with E-state index >= 15 is 0 Å². The minimum atomic E-state index is -1.08. The zero-order chi connectivity index (χ0) is 9.41. The minimum absolute atomic E-state index is 0. The van der Waals surface area contributed by atoms with Crippen LogP contribution in [0.3, 0.4) is 0 Å². The smallest absolute Gasteiger partial charge is 0.772 e. The first-order chi connectivity index (χ1) is 4.83. The fourth-order valence-electron chi connectivity index (χ4n) is 0. The van der Waals surface area contributed by atoms with Gasteiger partial charge in [-0.05, 0) is 0 Å². The summed E-state index contributed by atoms with van der Waals surface area (Å²) < 4.78 is 16.7. The van der Waals surface area contributed by atoms with Gasteiger partial charge in [0, 0.05) is 0 Å². The molecule has 0 atom stereocenters. The second-order valence-electron chi connectivity index (χ2n) is 0.149. The van der Waals surface area contributed by atoms with Crippen LogP contribution >= 0.6 is 17.4 Å². The van der Waals surface area contributed by atoms with Gasteiger partial charge in [0.2, 0.25) is 0 Å². The summed E-state index contributed by atoms with van der Waals surface area (Å²) in [6.45, 7) is 10.0. The molecule has 64 valence electrons. The van der Waals surface area contributed by atoms with E-state index in [2.05, 4.69) is 13.8 Å². The first-order valence-corrected chi connectivity index (χ1v) is 3.61. The largest absolute Gasteiger partial charge is 4.00 e. The van der Waals surface area contributed by atoms with Gasteiger partial charge in [-0.1, -0.05) is 0 Å². The maximum absolute atomic E-state index is 8.35. The van der Waals surface area contributed by atoms with Crippen LogP contribution < -0.4 is 9.79 Å². The second kappa shape index (κ2) is 130. The molecule has 0 amide bonds. The van der Waals surface area contributed by atoms with E-state index in [9.17, 15) is 0 Å². The Morgan fingerprint density at radius 3 is 0.909 bits per heavy atom. The summed E-state index contributed by atoms with van der Waals surface area (Å²) in [5.74, 6) is 0. The van der Waals surface area contributed by atoms with Crippen molar-refractivity contribution in [2.75, 3.05) is 0 Å². The van der Waals surface area contributed by atoms with Crippen molar-refractivity contribution in [3.8, 4) is 0 Å². The molecule has 0 unspecified atom stereocenters. The summed E-state index contributed by atoms with van der Waals surface area (Å²) in [4.78, 5) is 16.7. The van der Waals surface area contributed by atoms with Crippen molar-refractivity contribution >= 4 is 17.4 Å². The summed E-state index contributed by atoms with van der Waals surface area (Å²) >= 11 is 0. The fraction of sp³-hybridized carbons (Fsp3) is 0.500. The van der Waals surface area contributed by atoms with Gasteiger partial charge in [-0.25, -0.2) is 0 Å². The van der Waals surface area contributed by atoms with E-state index in [0.29, 0.717) is 0 Å². The van der Waals surface area contributed by atoms with Crippen LogP contribution in [0.15, 0.2) is 0 Å². The van der Waals surface area contributed by atoms with Crippen molar-refractivity contribution in [1.82, 2.24) is 0 Å². The standard InChI is InChI=1S/2C2H5.2HO2P.Ti/c2*1-2;2*1-3-2;/h2*1H2,2H3;2*(H,1,2);/q2*-1;;;+4/p-2. The Labute approximate surface area is 85.9 Å². The molecule has 0 bridgehead atoms.